The molecule has 3 aliphatic carbocycles. The van der Waals surface area contributed by atoms with E-state index < -0.39 is 0 Å². The van der Waals surface area contributed by atoms with Crippen molar-refractivity contribution in [1.29, 1.82) is 0 Å². The van der Waals surface area contributed by atoms with Gasteiger partial charge in [0, 0.05) is 6.42 Å². The van der Waals surface area contributed by atoms with E-state index in [0.717, 1.165) is 5.92 Å². The summed E-state index contributed by atoms with van der Waals surface area (Å²) in [6, 6.07) is 0. The van der Waals surface area contributed by atoms with Gasteiger partial charge in [-0.25, -0.2) is 0 Å². The van der Waals surface area contributed by atoms with Crippen LogP contribution >= 0.6 is 0 Å². The second-order valence-corrected chi connectivity index (χ2v) is 4.46. The molecule has 0 amide bonds. The first kappa shape index (κ1) is 7.84. The van der Waals surface area contributed by atoms with Crippen LogP contribution in [0.25, 0.3) is 0 Å². The fourth-order valence-electron chi connectivity index (χ4n) is 2.98. The van der Waals surface area contributed by atoms with Crippen LogP contribution in [-0.2, 0) is 0 Å². The van der Waals surface area contributed by atoms with Crippen LogP contribution in [0.15, 0.2) is 22.8 Å². The van der Waals surface area contributed by atoms with Gasteiger partial charge in [-0.15, -0.1) is 0 Å². The van der Waals surface area contributed by atoms with E-state index in [9.17, 15) is 0 Å². The Morgan fingerprint density at radius 1 is 1.15 bits per heavy atom. The molecule has 0 bridgehead atoms. The molecule has 13 heavy (non-hydrogen) atoms. The van der Waals surface area contributed by atoms with Gasteiger partial charge in [0.05, 0.1) is 0 Å². The van der Waals surface area contributed by atoms with Crippen LogP contribution < -0.4 is 0 Å². The third-order valence-corrected chi connectivity index (χ3v) is 3.63. The SMILES string of the molecule is [C]1C2=CCCCC2=C2CCCCC12. The minimum Gasteiger partial charge on any atom is -0.0804 e. The summed E-state index contributed by atoms with van der Waals surface area (Å²) in [7, 11) is 0. The van der Waals surface area contributed by atoms with Crippen molar-refractivity contribution in [2.45, 2.75) is 44.9 Å². The van der Waals surface area contributed by atoms with Gasteiger partial charge in [0.1, 0.15) is 0 Å². The molecule has 0 aromatic rings. The van der Waals surface area contributed by atoms with Gasteiger partial charge in [-0.2, -0.15) is 0 Å². The summed E-state index contributed by atoms with van der Waals surface area (Å²) >= 11 is 0. The Bertz CT molecular complexity index is 280. The third-order valence-electron chi connectivity index (χ3n) is 3.63. The van der Waals surface area contributed by atoms with Crippen LogP contribution in [0, 0.1) is 12.3 Å². The molecule has 1 unspecified atom stereocenters. The summed E-state index contributed by atoms with van der Waals surface area (Å²) in [5.74, 6) is 0.730. The predicted molar refractivity (Wildman–Crippen MR) is 54.2 cm³/mol. The summed E-state index contributed by atoms with van der Waals surface area (Å²) < 4.78 is 0. The van der Waals surface area contributed by atoms with Crippen molar-refractivity contribution in [2.24, 2.45) is 5.92 Å². The maximum Gasteiger partial charge on any atom is 0.0241 e. The molecule has 3 aliphatic rings. The molecule has 1 fully saturated rings. The lowest BCUT2D eigenvalue weighted by Crippen LogP contribution is -2.06. The minimum absolute atomic E-state index is 0.730. The lowest BCUT2D eigenvalue weighted by molar-refractivity contribution is 0.510. The monoisotopic (exact) mass is 172 g/mol. The van der Waals surface area contributed by atoms with E-state index in [0.29, 0.717) is 0 Å². The smallest absolute Gasteiger partial charge is 0.0241 e. The normalized spacial score (nSPS) is 32.6. The van der Waals surface area contributed by atoms with Crippen LogP contribution in [0.5, 0.6) is 0 Å². The lowest BCUT2D eigenvalue weighted by atomic mass is 9.85. The summed E-state index contributed by atoms with van der Waals surface area (Å²) in [5.41, 5.74) is 4.95. The molecule has 3 rings (SSSR count). The topological polar surface area (TPSA) is 0 Å². The highest BCUT2D eigenvalue weighted by molar-refractivity contribution is 5.51. The zero-order valence-electron chi connectivity index (χ0n) is 8.10. The van der Waals surface area contributed by atoms with Gasteiger partial charge in [0.2, 0.25) is 0 Å². The zero-order valence-corrected chi connectivity index (χ0v) is 8.10. The van der Waals surface area contributed by atoms with Crippen LogP contribution in [-0.4, -0.2) is 0 Å². The van der Waals surface area contributed by atoms with E-state index in [4.69, 9.17) is 0 Å². The zero-order chi connectivity index (χ0) is 8.67. The number of allylic oxidation sites excluding steroid dienone is 4. The van der Waals surface area contributed by atoms with Crippen molar-refractivity contribution in [2.75, 3.05) is 0 Å². The minimum atomic E-state index is 0.730. The van der Waals surface area contributed by atoms with Gasteiger partial charge in [-0.05, 0) is 55.6 Å². The molecule has 0 aromatic heterocycles. The molecule has 0 spiro atoms. The van der Waals surface area contributed by atoms with E-state index >= 15 is 0 Å². The molecular weight excluding hydrogens is 156 g/mol. The highest BCUT2D eigenvalue weighted by Gasteiger charge is 2.31. The lowest BCUT2D eigenvalue weighted by Gasteiger charge is -2.20. The van der Waals surface area contributed by atoms with Crippen molar-refractivity contribution in [3.8, 4) is 0 Å². The molecule has 0 aliphatic heterocycles. The fourth-order valence-corrected chi connectivity index (χ4v) is 2.98. The quantitative estimate of drug-likeness (QED) is 0.523. The summed E-state index contributed by atoms with van der Waals surface area (Å²) in [6.07, 6.45) is 15.7. The maximum absolute atomic E-state index is 3.68. The number of rotatable bonds is 0. The highest BCUT2D eigenvalue weighted by Crippen LogP contribution is 2.47. The van der Waals surface area contributed by atoms with Crippen LogP contribution in [0.1, 0.15) is 44.9 Å². The van der Waals surface area contributed by atoms with Crippen molar-refractivity contribution in [3.63, 3.8) is 0 Å². The Morgan fingerprint density at radius 2 is 2.15 bits per heavy atom. The van der Waals surface area contributed by atoms with Crippen molar-refractivity contribution >= 4 is 0 Å². The summed E-state index contributed by atoms with van der Waals surface area (Å²) in [4.78, 5) is 0. The van der Waals surface area contributed by atoms with E-state index in [1.807, 2.05) is 0 Å². The Hall–Kier alpha value is -0.520. The van der Waals surface area contributed by atoms with Crippen molar-refractivity contribution in [3.05, 3.63) is 29.2 Å². The number of hydrogen-bond donors (Lipinski definition) is 0. The summed E-state index contributed by atoms with van der Waals surface area (Å²) in [5, 5.41) is 0. The number of hydrogen-bond acceptors (Lipinski definition) is 0. The van der Waals surface area contributed by atoms with Gasteiger partial charge in [0.25, 0.3) is 0 Å². The molecule has 0 heterocycles. The van der Waals surface area contributed by atoms with Crippen molar-refractivity contribution < 1.29 is 0 Å². The molecule has 68 valence electrons. The Labute approximate surface area is 80.7 Å². The first-order valence-electron chi connectivity index (χ1n) is 5.64. The molecule has 0 saturated heterocycles. The van der Waals surface area contributed by atoms with E-state index in [-0.39, 0.29) is 0 Å². The Balaban J connectivity index is 1.99. The van der Waals surface area contributed by atoms with Crippen molar-refractivity contribution in [1.82, 2.24) is 0 Å². The van der Waals surface area contributed by atoms with Crippen LogP contribution in [0.3, 0.4) is 0 Å². The van der Waals surface area contributed by atoms with Crippen LogP contribution in [0.2, 0.25) is 0 Å². The second kappa shape index (κ2) is 3.01. The molecular formula is C13H16. The van der Waals surface area contributed by atoms with E-state index in [2.05, 4.69) is 12.5 Å². The maximum atomic E-state index is 3.68. The first-order chi connectivity index (χ1) is 6.45. The second-order valence-electron chi connectivity index (χ2n) is 4.46. The predicted octanol–water partition coefficient (Wildman–Crippen LogP) is 3.68. The largest absolute Gasteiger partial charge is 0.0804 e. The fraction of sp³-hybridized carbons (Fsp3) is 0.615. The molecule has 0 N–H and O–H groups in total. The Kier molecular flexibility index (Phi) is 1.81. The standard InChI is InChI=1S/C13H16/c1-3-7-12-10(5-1)9-11-6-2-4-8-13(11)12/h5,11H,1-4,6-8H2. The molecule has 0 heteroatoms. The number of fused-ring (bicyclic) bond motifs is 2. The highest BCUT2D eigenvalue weighted by atomic mass is 14.4. The van der Waals surface area contributed by atoms with Gasteiger partial charge in [-0.1, -0.05) is 18.1 Å². The average molecular weight is 172 g/mol. The first-order valence-corrected chi connectivity index (χ1v) is 5.64. The molecule has 1 saturated carbocycles. The average Bonchev–Trinajstić information content (AvgIpc) is 2.56. The third kappa shape index (κ3) is 1.19. The van der Waals surface area contributed by atoms with Gasteiger partial charge in [-0.3, -0.25) is 0 Å². The molecule has 2 radical (unpaired) electrons. The molecule has 0 nitrogen and oxygen atoms in total. The molecule has 1 atom stereocenters. The van der Waals surface area contributed by atoms with E-state index in [1.54, 1.807) is 11.1 Å². The van der Waals surface area contributed by atoms with Gasteiger partial charge >= 0.3 is 0 Å². The molecule has 0 aromatic carbocycles. The van der Waals surface area contributed by atoms with E-state index in [1.165, 1.54) is 50.5 Å². The Morgan fingerprint density at radius 3 is 3.15 bits per heavy atom. The van der Waals surface area contributed by atoms with Gasteiger partial charge in [0.15, 0.2) is 0 Å². The summed E-state index contributed by atoms with van der Waals surface area (Å²) in [6.45, 7) is 0. The van der Waals surface area contributed by atoms with Gasteiger partial charge < -0.3 is 0 Å². The van der Waals surface area contributed by atoms with Crippen LogP contribution in [0.4, 0.5) is 0 Å².